The smallest absolute Gasteiger partial charge is 0.306 e. The summed E-state index contributed by atoms with van der Waals surface area (Å²) in [6.07, 6.45) is 5.77. The van der Waals surface area contributed by atoms with Gasteiger partial charge >= 0.3 is 5.97 Å². The van der Waals surface area contributed by atoms with Crippen LogP contribution in [0, 0.1) is 17.6 Å². The van der Waals surface area contributed by atoms with Crippen LogP contribution < -0.4 is 5.32 Å². The van der Waals surface area contributed by atoms with Crippen molar-refractivity contribution in [2.75, 3.05) is 11.9 Å². The zero-order valence-corrected chi connectivity index (χ0v) is 12.2. The van der Waals surface area contributed by atoms with E-state index in [0.29, 0.717) is 12.3 Å². The highest BCUT2D eigenvalue weighted by molar-refractivity contribution is 5.92. The maximum absolute atomic E-state index is 13.3. The fourth-order valence-corrected chi connectivity index (χ4v) is 2.61. The Bertz CT molecular complexity index is 542. The van der Waals surface area contributed by atoms with Crippen LogP contribution in [-0.2, 0) is 14.3 Å². The van der Waals surface area contributed by atoms with Crippen molar-refractivity contribution in [1.82, 2.24) is 0 Å². The number of hydrogen-bond donors (Lipinski definition) is 1. The summed E-state index contributed by atoms with van der Waals surface area (Å²) in [5.74, 6) is -2.21. The average molecular weight is 311 g/mol. The van der Waals surface area contributed by atoms with E-state index >= 15 is 0 Å². The summed E-state index contributed by atoms with van der Waals surface area (Å²) in [6.45, 7) is -0.499. The summed E-state index contributed by atoms with van der Waals surface area (Å²) in [5, 5.41) is 2.18. The van der Waals surface area contributed by atoms with Gasteiger partial charge in [-0.3, -0.25) is 9.59 Å². The lowest BCUT2D eigenvalue weighted by molar-refractivity contribution is -0.148. The SMILES string of the molecule is O=C(COC(=O)CC1CCCCC1)Nc1cc(F)ccc1F. The Morgan fingerprint density at radius 3 is 2.64 bits per heavy atom. The van der Waals surface area contributed by atoms with Crippen LogP contribution in [0.1, 0.15) is 38.5 Å². The molecule has 1 amide bonds. The predicted octanol–water partition coefficient (Wildman–Crippen LogP) is 3.42. The molecule has 1 fully saturated rings. The lowest BCUT2D eigenvalue weighted by Gasteiger charge is -2.20. The molecular weight excluding hydrogens is 292 g/mol. The molecule has 4 nitrogen and oxygen atoms in total. The molecule has 0 saturated heterocycles. The van der Waals surface area contributed by atoms with Crippen molar-refractivity contribution in [2.24, 2.45) is 5.92 Å². The van der Waals surface area contributed by atoms with Crippen molar-refractivity contribution in [3.8, 4) is 0 Å². The lowest BCUT2D eigenvalue weighted by atomic mass is 9.87. The number of nitrogens with one attached hydrogen (secondary N) is 1. The summed E-state index contributed by atoms with van der Waals surface area (Å²) in [6, 6.07) is 2.74. The van der Waals surface area contributed by atoms with Crippen LogP contribution in [0.4, 0.5) is 14.5 Å². The van der Waals surface area contributed by atoms with Gasteiger partial charge in [0, 0.05) is 12.5 Å². The van der Waals surface area contributed by atoms with Crippen LogP contribution in [-0.4, -0.2) is 18.5 Å². The molecule has 1 aliphatic rings. The third kappa shape index (κ3) is 5.09. The summed E-state index contributed by atoms with van der Waals surface area (Å²) < 4.78 is 31.2. The van der Waals surface area contributed by atoms with Crippen LogP contribution in [0.15, 0.2) is 18.2 Å². The quantitative estimate of drug-likeness (QED) is 0.848. The monoisotopic (exact) mass is 311 g/mol. The molecule has 1 aliphatic carbocycles. The molecule has 0 aliphatic heterocycles. The normalized spacial score (nSPS) is 15.4. The van der Waals surface area contributed by atoms with Gasteiger partial charge < -0.3 is 10.1 Å². The first-order valence-corrected chi connectivity index (χ1v) is 7.45. The highest BCUT2D eigenvalue weighted by Crippen LogP contribution is 2.26. The summed E-state index contributed by atoms with van der Waals surface area (Å²) >= 11 is 0. The highest BCUT2D eigenvalue weighted by atomic mass is 19.1. The lowest BCUT2D eigenvalue weighted by Crippen LogP contribution is -2.23. The fraction of sp³-hybridized carbons (Fsp3) is 0.500. The Balaban J connectivity index is 1.75. The second-order valence-corrected chi connectivity index (χ2v) is 5.54. The van der Waals surface area contributed by atoms with E-state index in [0.717, 1.165) is 43.9 Å². The van der Waals surface area contributed by atoms with Gasteiger partial charge in [0.2, 0.25) is 0 Å². The molecule has 2 rings (SSSR count). The summed E-state index contributed by atoms with van der Waals surface area (Å²) in [7, 11) is 0. The first-order chi connectivity index (χ1) is 10.5. The van der Waals surface area contributed by atoms with Crippen molar-refractivity contribution in [3.05, 3.63) is 29.8 Å². The Kier molecular flexibility index (Phi) is 5.86. The number of rotatable bonds is 5. The molecular formula is C16H19F2NO3. The van der Waals surface area contributed by atoms with E-state index in [1.807, 2.05) is 0 Å². The molecule has 0 aromatic heterocycles. The minimum absolute atomic E-state index is 0.270. The minimum Gasteiger partial charge on any atom is -0.456 e. The zero-order valence-electron chi connectivity index (χ0n) is 12.2. The molecule has 0 spiro atoms. The molecule has 1 aromatic rings. The third-order valence-corrected chi connectivity index (χ3v) is 3.75. The second-order valence-electron chi connectivity index (χ2n) is 5.54. The number of carbonyl (C=O) groups excluding carboxylic acids is 2. The van der Waals surface area contributed by atoms with E-state index in [-0.39, 0.29) is 5.69 Å². The van der Waals surface area contributed by atoms with E-state index in [4.69, 9.17) is 4.74 Å². The number of amides is 1. The van der Waals surface area contributed by atoms with Crippen LogP contribution in [0.5, 0.6) is 0 Å². The van der Waals surface area contributed by atoms with Crippen molar-refractivity contribution >= 4 is 17.6 Å². The Labute approximate surface area is 127 Å². The second kappa shape index (κ2) is 7.87. The average Bonchev–Trinajstić information content (AvgIpc) is 2.50. The minimum atomic E-state index is -0.747. The molecule has 1 saturated carbocycles. The van der Waals surface area contributed by atoms with E-state index < -0.39 is 30.1 Å². The third-order valence-electron chi connectivity index (χ3n) is 3.75. The largest absolute Gasteiger partial charge is 0.456 e. The van der Waals surface area contributed by atoms with E-state index in [2.05, 4.69) is 5.32 Å². The molecule has 0 unspecified atom stereocenters. The number of anilines is 1. The van der Waals surface area contributed by atoms with Gasteiger partial charge in [-0.2, -0.15) is 0 Å². The molecule has 0 radical (unpaired) electrons. The first-order valence-electron chi connectivity index (χ1n) is 7.45. The van der Waals surface area contributed by atoms with Gasteiger partial charge in [-0.25, -0.2) is 8.78 Å². The Morgan fingerprint density at radius 1 is 1.18 bits per heavy atom. The predicted molar refractivity (Wildman–Crippen MR) is 77.1 cm³/mol. The molecule has 1 aromatic carbocycles. The van der Waals surface area contributed by atoms with E-state index in [9.17, 15) is 18.4 Å². The van der Waals surface area contributed by atoms with Crippen LogP contribution in [0.25, 0.3) is 0 Å². The number of benzene rings is 1. The van der Waals surface area contributed by atoms with Gasteiger partial charge in [0.1, 0.15) is 11.6 Å². The van der Waals surface area contributed by atoms with Crippen molar-refractivity contribution in [3.63, 3.8) is 0 Å². The summed E-state index contributed by atoms with van der Waals surface area (Å²) in [4.78, 5) is 23.2. The number of hydrogen-bond acceptors (Lipinski definition) is 3. The maximum atomic E-state index is 13.3. The number of ether oxygens (including phenoxy) is 1. The molecule has 0 heterocycles. The van der Waals surface area contributed by atoms with Crippen LogP contribution in [0.3, 0.4) is 0 Å². The van der Waals surface area contributed by atoms with Crippen LogP contribution in [0.2, 0.25) is 0 Å². The zero-order chi connectivity index (χ0) is 15.9. The fourth-order valence-electron chi connectivity index (χ4n) is 2.61. The molecule has 22 heavy (non-hydrogen) atoms. The van der Waals surface area contributed by atoms with Crippen molar-refractivity contribution < 1.29 is 23.1 Å². The number of carbonyl (C=O) groups is 2. The highest BCUT2D eigenvalue weighted by Gasteiger charge is 2.18. The van der Waals surface area contributed by atoms with Gasteiger partial charge in [0.05, 0.1) is 5.69 Å². The van der Waals surface area contributed by atoms with Gasteiger partial charge in [0.25, 0.3) is 5.91 Å². The van der Waals surface area contributed by atoms with E-state index in [1.54, 1.807) is 0 Å². The van der Waals surface area contributed by atoms with Gasteiger partial charge in [0.15, 0.2) is 6.61 Å². The van der Waals surface area contributed by atoms with Gasteiger partial charge in [-0.05, 0) is 30.9 Å². The van der Waals surface area contributed by atoms with Gasteiger partial charge in [-0.15, -0.1) is 0 Å². The topological polar surface area (TPSA) is 55.4 Å². The number of halogens is 2. The molecule has 6 heteroatoms. The molecule has 120 valence electrons. The summed E-state index contributed by atoms with van der Waals surface area (Å²) in [5.41, 5.74) is -0.270. The van der Waals surface area contributed by atoms with Crippen molar-refractivity contribution in [2.45, 2.75) is 38.5 Å². The van der Waals surface area contributed by atoms with E-state index in [1.165, 1.54) is 6.42 Å². The number of esters is 1. The molecule has 0 atom stereocenters. The van der Waals surface area contributed by atoms with Crippen molar-refractivity contribution in [1.29, 1.82) is 0 Å². The van der Waals surface area contributed by atoms with Crippen LogP contribution >= 0.6 is 0 Å². The Hall–Kier alpha value is -1.98. The molecule has 0 bridgehead atoms. The molecule has 1 N–H and O–H groups in total. The van der Waals surface area contributed by atoms with Gasteiger partial charge in [-0.1, -0.05) is 19.3 Å². The maximum Gasteiger partial charge on any atom is 0.306 e. The first kappa shape index (κ1) is 16.4. The Morgan fingerprint density at radius 2 is 1.91 bits per heavy atom. The standard InChI is InChI=1S/C16H19F2NO3/c17-12-6-7-13(18)14(9-12)19-15(20)10-22-16(21)8-11-4-2-1-3-5-11/h6-7,9,11H,1-5,8,10H2,(H,19,20).